The van der Waals surface area contributed by atoms with Crippen molar-refractivity contribution in [3.8, 4) is 0 Å². The molecule has 7 heteroatoms. The van der Waals surface area contributed by atoms with Crippen molar-refractivity contribution in [2.45, 2.75) is 57.0 Å². The Kier molecular flexibility index (Phi) is 12.3. The molecule has 0 saturated carbocycles. The molecule has 6 rings (SSSR count). The molecule has 2 bridgehead atoms. The summed E-state index contributed by atoms with van der Waals surface area (Å²) in [4.78, 5) is 26.4. The Hall–Kier alpha value is -2.60. The first-order valence-electron chi connectivity index (χ1n) is 14.3. The Labute approximate surface area is 251 Å². The summed E-state index contributed by atoms with van der Waals surface area (Å²) in [6.07, 6.45) is 13.6. The van der Waals surface area contributed by atoms with Crippen LogP contribution in [0.5, 0.6) is 0 Å². The van der Waals surface area contributed by atoms with Crippen LogP contribution in [0.25, 0.3) is 12.2 Å². The van der Waals surface area contributed by atoms with Crippen LogP contribution in [-0.2, 0) is 19.5 Å². The fourth-order valence-corrected chi connectivity index (χ4v) is 6.84. The molecule has 0 aromatic heterocycles. The molecule has 0 aliphatic carbocycles. The second-order valence-electron chi connectivity index (χ2n) is 11.1. The molecule has 208 valence electrons. The van der Waals surface area contributed by atoms with E-state index in [2.05, 4.69) is 23.0 Å². The van der Waals surface area contributed by atoms with Gasteiger partial charge in [-0.3, -0.25) is 9.80 Å². The number of carboxylic acids is 2. The first kappa shape index (κ1) is 31.9. The van der Waals surface area contributed by atoms with E-state index in [0.29, 0.717) is 0 Å². The molecule has 0 unspecified atom stereocenters. The zero-order chi connectivity index (χ0) is 27.8. The number of carbonyl (C=O) groups excluding carboxylic acids is 2. The minimum atomic E-state index is -1.16. The monoisotopic (exact) mass is 592 g/mol. The van der Waals surface area contributed by atoms with Crippen LogP contribution in [0.1, 0.15) is 76.8 Å². The number of benzene rings is 2. The van der Waals surface area contributed by atoms with Gasteiger partial charge < -0.3 is 19.8 Å². The summed E-state index contributed by atoms with van der Waals surface area (Å²) in [6.45, 7) is 12.7. The third kappa shape index (κ3) is 8.22. The van der Waals surface area contributed by atoms with E-state index in [-0.39, 0.29) is 30.6 Å². The first-order chi connectivity index (χ1) is 18.9. The van der Waals surface area contributed by atoms with E-state index in [0.717, 1.165) is 35.0 Å². The third-order valence-electron chi connectivity index (χ3n) is 8.68. The molecule has 4 fully saturated rings. The second kappa shape index (κ2) is 15.4. The van der Waals surface area contributed by atoms with Gasteiger partial charge >= 0.3 is 19.5 Å². The predicted octanol–water partition coefficient (Wildman–Crippen LogP) is 3.73. The quantitative estimate of drug-likeness (QED) is 0.502. The topological polar surface area (TPSA) is 86.7 Å². The Balaban J connectivity index is 0.000000171. The van der Waals surface area contributed by atoms with Crippen LogP contribution in [0.4, 0.5) is 0 Å². The van der Waals surface area contributed by atoms with Crippen molar-refractivity contribution >= 4 is 24.1 Å². The SMILES string of the molecule is C1CCN2C[C@@H]3C[C@@H](CN4CCCC[C@@H]34)[C@H]2C1.C=Cc1cccc(C(=O)[O-])c1.C=Cc1cccc(C(=O)[O-])c1.[Zn+2]. The number of aromatic carboxylic acids is 2. The van der Waals surface area contributed by atoms with Gasteiger partial charge in [0, 0.05) is 25.2 Å². The Morgan fingerprint density at radius 1 is 0.725 bits per heavy atom. The van der Waals surface area contributed by atoms with E-state index in [1.807, 2.05) is 0 Å². The summed E-state index contributed by atoms with van der Waals surface area (Å²) in [5.41, 5.74) is 1.93. The van der Waals surface area contributed by atoms with Crippen LogP contribution in [0.3, 0.4) is 0 Å². The maximum atomic E-state index is 10.3. The molecule has 0 radical (unpaired) electrons. The molecule has 4 heterocycles. The third-order valence-corrected chi connectivity index (χ3v) is 8.68. The Morgan fingerprint density at radius 3 is 1.52 bits per heavy atom. The number of carboxylic acid groups (broad SMARTS) is 2. The Morgan fingerprint density at radius 2 is 1.15 bits per heavy atom. The summed E-state index contributed by atoms with van der Waals surface area (Å²) in [5, 5.41) is 20.6. The number of piperidine rings is 4. The van der Waals surface area contributed by atoms with E-state index < -0.39 is 11.9 Å². The molecule has 4 aliphatic heterocycles. The number of hydrogen-bond donors (Lipinski definition) is 0. The van der Waals surface area contributed by atoms with E-state index in [4.69, 9.17) is 0 Å². The number of nitrogens with zero attached hydrogens (tertiary/aromatic N) is 2. The van der Waals surface area contributed by atoms with Crippen molar-refractivity contribution in [3.05, 3.63) is 83.9 Å². The summed E-state index contributed by atoms with van der Waals surface area (Å²) >= 11 is 0. The van der Waals surface area contributed by atoms with Gasteiger partial charge in [-0.1, -0.05) is 74.5 Å². The molecular weight excluding hydrogens is 554 g/mol. The van der Waals surface area contributed by atoms with E-state index in [1.165, 1.54) is 89.0 Å². The fraction of sp³-hybridized carbons (Fsp3) is 0.455. The van der Waals surface area contributed by atoms with Crippen LogP contribution >= 0.6 is 0 Å². The van der Waals surface area contributed by atoms with Gasteiger partial charge in [0.25, 0.3) is 0 Å². The van der Waals surface area contributed by atoms with Crippen LogP contribution in [0, 0.1) is 11.8 Å². The van der Waals surface area contributed by atoms with Gasteiger partial charge in [0.1, 0.15) is 0 Å². The van der Waals surface area contributed by atoms with Gasteiger partial charge in [-0.05, 0) is 91.4 Å². The van der Waals surface area contributed by atoms with Crippen molar-refractivity contribution in [2.24, 2.45) is 11.8 Å². The number of hydrogen-bond acceptors (Lipinski definition) is 6. The molecular formula is C33H40N2O4Zn. The molecule has 0 N–H and O–H groups in total. The molecule has 0 amide bonds. The normalized spacial score (nSPS) is 25.1. The van der Waals surface area contributed by atoms with E-state index in [1.54, 1.807) is 42.8 Å². The van der Waals surface area contributed by atoms with Crippen molar-refractivity contribution in [1.82, 2.24) is 9.80 Å². The Bertz CT molecular complexity index is 1080. The van der Waals surface area contributed by atoms with Crippen LogP contribution in [-0.4, -0.2) is 60.0 Å². The zero-order valence-corrected chi connectivity index (χ0v) is 26.5. The predicted molar refractivity (Wildman–Crippen MR) is 152 cm³/mol. The zero-order valence-electron chi connectivity index (χ0n) is 23.5. The molecule has 4 aliphatic rings. The standard InChI is InChI=1S/C15H26N2.2C9H8O2.Zn/c1-3-7-16-11-13-9-12(14(16)5-1)10-17-8-4-2-6-15(13)17;2*1-2-7-4-3-5-8(6-7)9(10)11;/h12-15H,1-11H2;2*2-6H,1H2,(H,10,11);/q;;;+2/p-2/t12-,13-,14-,15+;;;/m0.../s1. The number of carbonyl (C=O) groups is 2. The van der Waals surface area contributed by atoms with Gasteiger partial charge in [-0.15, -0.1) is 0 Å². The average Bonchev–Trinajstić information content (AvgIpc) is 2.98. The fourth-order valence-electron chi connectivity index (χ4n) is 6.84. The number of rotatable bonds is 4. The van der Waals surface area contributed by atoms with Gasteiger partial charge in [-0.2, -0.15) is 0 Å². The van der Waals surface area contributed by atoms with Crippen molar-refractivity contribution in [1.29, 1.82) is 0 Å². The molecule has 0 spiro atoms. The van der Waals surface area contributed by atoms with Crippen molar-refractivity contribution in [3.63, 3.8) is 0 Å². The largest absolute Gasteiger partial charge is 2.00 e. The van der Waals surface area contributed by atoms with Gasteiger partial charge in [0.05, 0.1) is 11.9 Å². The van der Waals surface area contributed by atoms with Crippen LogP contribution < -0.4 is 10.2 Å². The minimum absolute atomic E-state index is 0. The van der Waals surface area contributed by atoms with E-state index in [9.17, 15) is 19.8 Å². The second-order valence-corrected chi connectivity index (χ2v) is 11.1. The molecule has 4 saturated heterocycles. The van der Waals surface area contributed by atoms with Crippen molar-refractivity contribution < 1.29 is 39.3 Å². The summed E-state index contributed by atoms with van der Waals surface area (Å²) in [7, 11) is 0. The molecule has 2 aromatic carbocycles. The van der Waals surface area contributed by atoms with Gasteiger partial charge in [0.2, 0.25) is 0 Å². The maximum Gasteiger partial charge on any atom is 2.00 e. The van der Waals surface area contributed by atoms with Gasteiger partial charge in [-0.25, -0.2) is 0 Å². The molecule has 6 nitrogen and oxygen atoms in total. The molecule has 2 aromatic rings. The smallest absolute Gasteiger partial charge is 0.545 e. The summed E-state index contributed by atoms with van der Waals surface area (Å²) < 4.78 is 0. The summed E-state index contributed by atoms with van der Waals surface area (Å²) in [6, 6.07) is 14.8. The maximum absolute atomic E-state index is 10.3. The average molecular weight is 594 g/mol. The first-order valence-corrected chi connectivity index (χ1v) is 14.3. The summed E-state index contributed by atoms with van der Waals surface area (Å²) in [5.74, 6) is -0.283. The molecule has 4 atom stereocenters. The molecule has 40 heavy (non-hydrogen) atoms. The van der Waals surface area contributed by atoms with Crippen LogP contribution in [0.2, 0.25) is 0 Å². The van der Waals surface area contributed by atoms with E-state index >= 15 is 0 Å². The minimum Gasteiger partial charge on any atom is -0.545 e. The number of fused-ring (bicyclic) bond motifs is 6. The van der Waals surface area contributed by atoms with Crippen molar-refractivity contribution in [2.75, 3.05) is 26.2 Å². The van der Waals surface area contributed by atoms with Crippen LogP contribution in [0.15, 0.2) is 61.7 Å². The van der Waals surface area contributed by atoms with Gasteiger partial charge in [0.15, 0.2) is 0 Å².